The van der Waals surface area contributed by atoms with E-state index in [4.69, 9.17) is 14.1 Å². The van der Waals surface area contributed by atoms with Crippen molar-refractivity contribution in [2.45, 2.75) is 13.5 Å². The fourth-order valence-electron chi connectivity index (χ4n) is 3.08. The van der Waals surface area contributed by atoms with Gasteiger partial charge in [-0.25, -0.2) is 4.99 Å². The number of carbonyl (C=O) groups excluding carboxylic acids is 1. The molecule has 0 saturated carbocycles. The Hall–Kier alpha value is -1.75. The molecular formula is C20H26BrIN4O3. The average Bonchev–Trinajstić information content (AvgIpc) is 3.26. The molecule has 1 N–H and O–H groups in total. The normalized spacial score (nSPS) is 14.4. The highest BCUT2D eigenvalue weighted by atomic mass is 127. The van der Waals surface area contributed by atoms with E-state index in [1.54, 1.807) is 19.2 Å². The molecule has 1 aromatic carbocycles. The average molecular weight is 577 g/mol. The van der Waals surface area contributed by atoms with Crippen molar-refractivity contribution in [2.75, 3.05) is 39.8 Å². The number of methoxy groups -OCH3 is 1. The lowest BCUT2D eigenvalue weighted by Gasteiger charge is -2.36. The molecule has 1 fully saturated rings. The first-order valence-corrected chi connectivity index (χ1v) is 10.1. The van der Waals surface area contributed by atoms with Crippen LogP contribution in [0.15, 0.2) is 50.5 Å². The number of hydrogen-bond acceptors (Lipinski definition) is 4. The van der Waals surface area contributed by atoms with Crippen LogP contribution in [0, 0.1) is 0 Å². The fourth-order valence-corrected chi connectivity index (χ4v) is 3.67. The van der Waals surface area contributed by atoms with Gasteiger partial charge in [-0.1, -0.05) is 6.07 Å². The van der Waals surface area contributed by atoms with E-state index >= 15 is 0 Å². The van der Waals surface area contributed by atoms with Gasteiger partial charge in [0, 0.05) is 32.7 Å². The Morgan fingerprint density at radius 3 is 2.55 bits per heavy atom. The topological polar surface area (TPSA) is 70.3 Å². The van der Waals surface area contributed by atoms with E-state index in [1.165, 1.54) is 6.26 Å². The number of piperazine rings is 1. The molecule has 9 heteroatoms. The first-order chi connectivity index (χ1) is 13.6. The predicted octanol–water partition coefficient (Wildman–Crippen LogP) is 3.59. The van der Waals surface area contributed by atoms with Gasteiger partial charge in [0.2, 0.25) is 0 Å². The number of nitrogens with one attached hydrogen (secondary N) is 1. The summed E-state index contributed by atoms with van der Waals surface area (Å²) < 4.78 is 11.4. The quantitative estimate of drug-likeness (QED) is 0.335. The summed E-state index contributed by atoms with van der Waals surface area (Å²) in [5, 5.41) is 3.35. The molecule has 2 heterocycles. The Morgan fingerprint density at radius 2 is 1.97 bits per heavy atom. The molecule has 7 nitrogen and oxygen atoms in total. The number of hydrogen-bond donors (Lipinski definition) is 1. The van der Waals surface area contributed by atoms with Crippen molar-refractivity contribution in [3.05, 3.63) is 52.4 Å². The molecule has 3 rings (SSSR count). The van der Waals surface area contributed by atoms with E-state index in [9.17, 15) is 4.79 Å². The third-order valence-electron chi connectivity index (χ3n) is 4.56. The smallest absolute Gasteiger partial charge is 0.289 e. The molecular weight excluding hydrogens is 551 g/mol. The summed E-state index contributed by atoms with van der Waals surface area (Å²) in [5.41, 5.74) is 1.09. The molecule has 0 aliphatic carbocycles. The summed E-state index contributed by atoms with van der Waals surface area (Å²) in [4.78, 5) is 21.2. The highest BCUT2D eigenvalue weighted by molar-refractivity contribution is 14.0. The van der Waals surface area contributed by atoms with Crippen LogP contribution < -0.4 is 10.1 Å². The lowest BCUT2D eigenvalue weighted by Crippen LogP contribution is -2.53. The molecule has 1 saturated heterocycles. The standard InChI is InChI=1S/C20H25BrN4O3.HI/c1-3-22-20(23-14-15-6-7-17(27-2)16(21)13-15)25-10-8-24(9-11-25)19(26)18-5-4-12-28-18;/h4-7,12-13H,3,8-11,14H2,1-2H3,(H,22,23);1H. The first kappa shape index (κ1) is 23.5. The maximum Gasteiger partial charge on any atom is 0.289 e. The second-order valence-corrected chi connectivity index (χ2v) is 7.25. The fraction of sp³-hybridized carbons (Fsp3) is 0.400. The first-order valence-electron chi connectivity index (χ1n) is 9.30. The summed E-state index contributed by atoms with van der Waals surface area (Å²) in [6.07, 6.45) is 1.52. The van der Waals surface area contributed by atoms with Crippen molar-refractivity contribution in [1.29, 1.82) is 0 Å². The Kier molecular flexibility index (Phi) is 9.28. The van der Waals surface area contributed by atoms with Crippen LogP contribution in [-0.4, -0.2) is 61.5 Å². The van der Waals surface area contributed by atoms with Gasteiger partial charge in [0.15, 0.2) is 11.7 Å². The summed E-state index contributed by atoms with van der Waals surface area (Å²) >= 11 is 3.51. The minimum atomic E-state index is -0.0605. The predicted molar refractivity (Wildman–Crippen MR) is 127 cm³/mol. The van der Waals surface area contributed by atoms with Crippen LogP contribution in [0.5, 0.6) is 5.75 Å². The number of guanidine groups is 1. The van der Waals surface area contributed by atoms with Crippen LogP contribution >= 0.6 is 39.9 Å². The second-order valence-electron chi connectivity index (χ2n) is 6.40. The van der Waals surface area contributed by atoms with Crippen molar-refractivity contribution in [1.82, 2.24) is 15.1 Å². The number of benzene rings is 1. The van der Waals surface area contributed by atoms with Gasteiger partial charge in [-0.15, -0.1) is 24.0 Å². The molecule has 1 aliphatic rings. The molecule has 1 amide bonds. The van der Waals surface area contributed by atoms with Crippen LogP contribution in [0.4, 0.5) is 0 Å². The molecule has 158 valence electrons. The maximum atomic E-state index is 12.4. The summed E-state index contributed by atoms with van der Waals surface area (Å²) in [7, 11) is 1.65. The van der Waals surface area contributed by atoms with Gasteiger partial charge in [-0.3, -0.25) is 4.79 Å². The Balaban J connectivity index is 0.00000300. The van der Waals surface area contributed by atoms with Gasteiger partial charge in [0.1, 0.15) is 5.75 Å². The van der Waals surface area contributed by atoms with Gasteiger partial charge >= 0.3 is 0 Å². The Morgan fingerprint density at radius 1 is 1.24 bits per heavy atom. The number of carbonyl (C=O) groups is 1. The summed E-state index contributed by atoms with van der Waals surface area (Å²) in [6.45, 7) is 6.13. The van der Waals surface area contributed by atoms with E-state index in [0.29, 0.717) is 25.4 Å². The minimum absolute atomic E-state index is 0. The monoisotopic (exact) mass is 576 g/mol. The zero-order chi connectivity index (χ0) is 19.9. The van der Waals surface area contributed by atoms with Crippen molar-refractivity contribution < 1.29 is 13.9 Å². The summed E-state index contributed by atoms with van der Waals surface area (Å²) in [6, 6.07) is 9.40. The van der Waals surface area contributed by atoms with E-state index < -0.39 is 0 Å². The molecule has 29 heavy (non-hydrogen) atoms. The minimum Gasteiger partial charge on any atom is -0.496 e. The largest absolute Gasteiger partial charge is 0.496 e. The van der Waals surface area contributed by atoms with E-state index in [-0.39, 0.29) is 29.9 Å². The lowest BCUT2D eigenvalue weighted by atomic mass is 10.2. The highest BCUT2D eigenvalue weighted by Crippen LogP contribution is 2.25. The third-order valence-corrected chi connectivity index (χ3v) is 5.18. The van der Waals surface area contributed by atoms with Gasteiger partial charge < -0.3 is 24.3 Å². The van der Waals surface area contributed by atoms with Crippen molar-refractivity contribution in [2.24, 2.45) is 4.99 Å². The Labute approximate surface area is 196 Å². The van der Waals surface area contributed by atoms with Gasteiger partial charge in [-0.05, 0) is 52.7 Å². The number of ether oxygens (including phenoxy) is 1. The number of amides is 1. The number of nitrogens with zero attached hydrogens (tertiary/aromatic N) is 3. The van der Waals surface area contributed by atoms with Crippen molar-refractivity contribution in [3.63, 3.8) is 0 Å². The second kappa shape index (κ2) is 11.4. The molecule has 0 radical (unpaired) electrons. The highest BCUT2D eigenvalue weighted by Gasteiger charge is 2.25. The molecule has 1 aliphatic heterocycles. The van der Waals surface area contributed by atoms with E-state index in [1.807, 2.05) is 23.1 Å². The van der Waals surface area contributed by atoms with Crippen LogP contribution in [0.3, 0.4) is 0 Å². The molecule has 0 bridgehead atoms. The SMILES string of the molecule is CCNC(=NCc1ccc(OC)c(Br)c1)N1CCN(C(=O)c2ccco2)CC1.I. The summed E-state index contributed by atoms with van der Waals surface area (Å²) in [5.74, 6) is 1.99. The number of aliphatic imine (C=N–C) groups is 1. The zero-order valence-corrected chi connectivity index (χ0v) is 20.5. The maximum absolute atomic E-state index is 12.4. The van der Waals surface area contributed by atoms with E-state index in [2.05, 4.69) is 33.1 Å². The van der Waals surface area contributed by atoms with Crippen LogP contribution in [-0.2, 0) is 6.54 Å². The van der Waals surface area contributed by atoms with Crippen LogP contribution in [0.25, 0.3) is 0 Å². The third kappa shape index (κ3) is 6.11. The lowest BCUT2D eigenvalue weighted by molar-refractivity contribution is 0.0657. The van der Waals surface area contributed by atoms with Crippen molar-refractivity contribution >= 4 is 51.8 Å². The van der Waals surface area contributed by atoms with Gasteiger partial charge in [0.05, 0.1) is 24.4 Å². The van der Waals surface area contributed by atoms with Crippen LogP contribution in [0.1, 0.15) is 23.0 Å². The number of halogens is 2. The van der Waals surface area contributed by atoms with Gasteiger partial charge in [-0.2, -0.15) is 0 Å². The Bertz CT molecular complexity index is 821. The van der Waals surface area contributed by atoms with E-state index in [0.717, 1.165) is 41.4 Å². The molecule has 0 unspecified atom stereocenters. The molecule has 2 aromatic rings. The zero-order valence-electron chi connectivity index (χ0n) is 16.6. The number of furan rings is 1. The number of rotatable bonds is 5. The van der Waals surface area contributed by atoms with Gasteiger partial charge in [0.25, 0.3) is 5.91 Å². The molecule has 0 spiro atoms. The molecule has 1 aromatic heterocycles. The van der Waals surface area contributed by atoms with Crippen LogP contribution in [0.2, 0.25) is 0 Å². The molecule has 0 atom stereocenters. The van der Waals surface area contributed by atoms with Crippen molar-refractivity contribution in [3.8, 4) is 5.75 Å².